The molecule has 15 heavy (non-hydrogen) atoms. The first-order chi connectivity index (χ1) is 7.11. The Balaban J connectivity index is 3.38. The number of pyridine rings is 1. The van der Waals surface area contributed by atoms with Gasteiger partial charge in [-0.25, -0.2) is 13.2 Å². The molecule has 6 heteroatoms. The molecular weight excluding hydrogens is 207 g/mol. The van der Waals surface area contributed by atoms with Crippen molar-refractivity contribution in [3.63, 3.8) is 0 Å². The SMILES string of the molecule is N#CCc1c(C#N)cnc(C(F)F)c1F. The quantitative estimate of drug-likeness (QED) is 0.752. The minimum absolute atomic E-state index is 0.196. The van der Waals surface area contributed by atoms with Crippen molar-refractivity contribution in [3.05, 3.63) is 28.8 Å². The Morgan fingerprint density at radius 2 is 2.07 bits per heavy atom. The molecule has 0 saturated carbocycles. The summed E-state index contributed by atoms with van der Waals surface area (Å²) in [6.07, 6.45) is -2.65. The maximum absolute atomic E-state index is 13.3. The van der Waals surface area contributed by atoms with Gasteiger partial charge < -0.3 is 0 Å². The van der Waals surface area contributed by atoms with Gasteiger partial charge in [0.1, 0.15) is 11.8 Å². The number of halogens is 3. The van der Waals surface area contributed by atoms with E-state index in [9.17, 15) is 13.2 Å². The minimum Gasteiger partial charge on any atom is -0.251 e. The lowest BCUT2D eigenvalue weighted by Gasteiger charge is -2.05. The van der Waals surface area contributed by atoms with Crippen molar-refractivity contribution in [3.8, 4) is 12.1 Å². The van der Waals surface area contributed by atoms with E-state index in [0.29, 0.717) is 0 Å². The monoisotopic (exact) mass is 211 g/mol. The molecule has 76 valence electrons. The predicted octanol–water partition coefficient (Wildman–Crippen LogP) is 2.10. The van der Waals surface area contributed by atoms with Crippen molar-refractivity contribution in [1.29, 1.82) is 10.5 Å². The van der Waals surface area contributed by atoms with Gasteiger partial charge in [0.2, 0.25) is 0 Å². The lowest BCUT2D eigenvalue weighted by atomic mass is 10.1. The second-order valence-electron chi connectivity index (χ2n) is 2.60. The molecular formula is C9H4F3N3. The molecule has 0 aliphatic rings. The molecule has 0 unspecified atom stereocenters. The van der Waals surface area contributed by atoms with Gasteiger partial charge in [-0.05, 0) is 0 Å². The first-order valence-electron chi connectivity index (χ1n) is 3.84. The summed E-state index contributed by atoms with van der Waals surface area (Å²) in [5, 5.41) is 16.9. The average Bonchev–Trinajstić information content (AvgIpc) is 2.20. The summed E-state index contributed by atoms with van der Waals surface area (Å²) in [6, 6.07) is 3.19. The van der Waals surface area contributed by atoms with Gasteiger partial charge in [-0.15, -0.1) is 0 Å². The molecule has 0 atom stereocenters. The molecule has 0 spiro atoms. The fourth-order valence-electron chi connectivity index (χ4n) is 1.04. The Hall–Kier alpha value is -2.08. The van der Waals surface area contributed by atoms with Gasteiger partial charge in [0.05, 0.1) is 18.1 Å². The molecule has 1 heterocycles. The van der Waals surface area contributed by atoms with Gasteiger partial charge in [0.25, 0.3) is 6.43 Å². The number of hydrogen-bond acceptors (Lipinski definition) is 3. The van der Waals surface area contributed by atoms with Crippen LogP contribution in [0.1, 0.15) is 23.2 Å². The molecule has 0 saturated heterocycles. The number of rotatable bonds is 2. The standard InChI is InChI=1S/C9H4F3N3/c10-7-6(1-2-13)5(3-14)4-15-8(7)9(11)12/h4,9H,1H2. The molecule has 0 aromatic carbocycles. The van der Waals surface area contributed by atoms with E-state index in [1.165, 1.54) is 0 Å². The number of alkyl halides is 2. The number of aromatic nitrogens is 1. The van der Waals surface area contributed by atoms with Gasteiger partial charge in [0.15, 0.2) is 5.82 Å². The van der Waals surface area contributed by atoms with Gasteiger partial charge >= 0.3 is 0 Å². The molecule has 0 N–H and O–H groups in total. The molecule has 1 aromatic heterocycles. The highest BCUT2D eigenvalue weighted by atomic mass is 19.3. The molecule has 0 bridgehead atoms. The van der Waals surface area contributed by atoms with E-state index < -0.39 is 24.4 Å². The van der Waals surface area contributed by atoms with Crippen molar-refractivity contribution in [1.82, 2.24) is 4.98 Å². The topological polar surface area (TPSA) is 60.5 Å². The maximum atomic E-state index is 13.3. The summed E-state index contributed by atoms with van der Waals surface area (Å²) >= 11 is 0. The van der Waals surface area contributed by atoms with Crippen LogP contribution in [0.15, 0.2) is 6.20 Å². The maximum Gasteiger partial charge on any atom is 0.283 e. The van der Waals surface area contributed by atoms with E-state index in [-0.39, 0.29) is 11.1 Å². The van der Waals surface area contributed by atoms with Crippen molar-refractivity contribution < 1.29 is 13.2 Å². The van der Waals surface area contributed by atoms with Gasteiger partial charge in [-0.3, -0.25) is 4.98 Å². The van der Waals surface area contributed by atoms with Gasteiger partial charge in [0, 0.05) is 11.8 Å². The van der Waals surface area contributed by atoms with Crippen LogP contribution < -0.4 is 0 Å². The van der Waals surface area contributed by atoms with E-state index >= 15 is 0 Å². The first-order valence-corrected chi connectivity index (χ1v) is 3.84. The third-order valence-electron chi connectivity index (χ3n) is 1.73. The average molecular weight is 211 g/mol. The normalized spacial score (nSPS) is 9.73. The Morgan fingerprint density at radius 3 is 2.53 bits per heavy atom. The molecule has 0 aliphatic carbocycles. The predicted molar refractivity (Wildman–Crippen MR) is 43.2 cm³/mol. The second kappa shape index (κ2) is 4.43. The van der Waals surface area contributed by atoms with Crippen LogP contribution >= 0.6 is 0 Å². The fraction of sp³-hybridized carbons (Fsp3) is 0.222. The van der Waals surface area contributed by atoms with Crippen LogP contribution in [0.4, 0.5) is 13.2 Å². The molecule has 0 amide bonds. The minimum atomic E-state index is -3.06. The summed E-state index contributed by atoms with van der Waals surface area (Å²) in [5.41, 5.74) is -1.55. The third kappa shape index (κ3) is 2.05. The van der Waals surface area contributed by atoms with Gasteiger partial charge in [-0.2, -0.15) is 10.5 Å². The summed E-state index contributed by atoms with van der Waals surface area (Å²) in [7, 11) is 0. The Morgan fingerprint density at radius 1 is 1.40 bits per heavy atom. The summed E-state index contributed by atoms with van der Waals surface area (Å²) in [6.45, 7) is 0. The molecule has 0 fully saturated rings. The van der Waals surface area contributed by atoms with Crippen molar-refractivity contribution in [2.24, 2.45) is 0 Å². The van der Waals surface area contributed by atoms with Crippen LogP contribution in [0.3, 0.4) is 0 Å². The van der Waals surface area contributed by atoms with Crippen LogP contribution in [0.5, 0.6) is 0 Å². The van der Waals surface area contributed by atoms with E-state index in [2.05, 4.69) is 4.98 Å². The molecule has 1 aromatic rings. The van der Waals surface area contributed by atoms with Crippen molar-refractivity contribution in [2.75, 3.05) is 0 Å². The van der Waals surface area contributed by atoms with E-state index in [1.54, 1.807) is 12.1 Å². The lowest BCUT2D eigenvalue weighted by molar-refractivity contribution is 0.140. The summed E-state index contributed by atoms with van der Waals surface area (Å²) in [4.78, 5) is 3.13. The molecule has 0 aliphatic heterocycles. The van der Waals surface area contributed by atoms with Crippen LogP contribution in [0.2, 0.25) is 0 Å². The molecule has 0 radical (unpaired) electrons. The lowest BCUT2D eigenvalue weighted by Crippen LogP contribution is -2.03. The largest absolute Gasteiger partial charge is 0.283 e. The third-order valence-corrected chi connectivity index (χ3v) is 1.73. The van der Waals surface area contributed by atoms with Crippen LogP contribution in [0, 0.1) is 28.5 Å². The Kier molecular flexibility index (Phi) is 3.25. The Bertz CT molecular complexity index is 457. The summed E-state index contributed by atoms with van der Waals surface area (Å²) in [5.74, 6) is -1.27. The van der Waals surface area contributed by atoms with Crippen LogP contribution in [0.25, 0.3) is 0 Å². The van der Waals surface area contributed by atoms with Crippen molar-refractivity contribution in [2.45, 2.75) is 12.8 Å². The smallest absolute Gasteiger partial charge is 0.251 e. The van der Waals surface area contributed by atoms with Crippen molar-refractivity contribution >= 4 is 0 Å². The highest BCUT2D eigenvalue weighted by Gasteiger charge is 2.20. The fourth-order valence-corrected chi connectivity index (χ4v) is 1.04. The zero-order valence-electron chi connectivity index (χ0n) is 7.34. The first kappa shape index (κ1) is 11.0. The second-order valence-corrected chi connectivity index (χ2v) is 2.60. The summed E-state index contributed by atoms with van der Waals surface area (Å²) < 4.78 is 37.7. The zero-order chi connectivity index (χ0) is 11.4. The highest BCUT2D eigenvalue weighted by molar-refractivity contribution is 5.39. The van der Waals surface area contributed by atoms with Crippen LogP contribution in [-0.4, -0.2) is 4.98 Å². The van der Waals surface area contributed by atoms with E-state index in [4.69, 9.17) is 10.5 Å². The highest BCUT2D eigenvalue weighted by Crippen LogP contribution is 2.23. The van der Waals surface area contributed by atoms with Crippen LogP contribution in [-0.2, 0) is 6.42 Å². The van der Waals surface area contributed by atoms with E-state index in [0.717, 1.165) is 6.20 Å². The Labute approximate surface area is 83.4 Å². The number of nitriles is 2. The molecule has 1 rings (SSSR count). The van der Waals surface area contributed by atoms with E-state index in [1.807, 2.05) is 0 Å². The number of hydrogen-bond donors (Lipinski definition) is 0. The zero-order valence-corrected chi connectivity index (χ0v) is 7.34. The molecule has 3 nitrogen and oxygen atoms in total. The van der Waals surface area contributed by atoms with Gasteiger partial charge in [-0.1, -0.05) is 0 Å². The number of nitrogens with zero attached hydrogens (tertiary/aromatic N) is 3.